The molecule has 0 saturated heterocycles. The van der Waals surface area contributed by atoms with Gasteiger partial charge in [-0.2, -0.15) is 0 Å². The molecule has 0 aromatic heterocycles. The summed E-state index contributed by atoms with van der Waals surface area (Å²) in [6.45, 7) is 1.68. The number of aliphatic hydroxyl groups excluding tert-OH is 2. The Morgan fingerprint density at radius 2 is 2.05 bits per heavy atom. The van der Waals surface area contributed by atoms with E-state index in [-0.39, 0.29) is 6.61 Å². The second kappa shape index (κ2) is 8.37. The van der Waals surface area contributed by atoms with Crippen molar-refractivity contribution in [3.63, 3.8) is 0 Å². The summed E-state index contributed by atoms with van der Waals surface area (Å²) in [5.41, 5.74) is 0.865. The maximum atomic E-state index is 10.2. The van der Waals surface area contributed by atoms with Crippen molar-refractivity contribution in [3.05, 3.63) is 29.8 Å². The molecule has 0 aliphatic heterocycles. The van der Waals surface area contributed by atoms with Crippen LogP contribution in [0.4, 0.5) is 0 Å². The summed E-state index contributed by atoms with van der Waals surface area (Å²) in [5.74, 6) is 1.71. The predicted octanol–water partition coefficient (Wildman–Crippen LogP) is 2.12. The third kappa shape index (κ3) is 4.70. The van der Waals surface area contributed by atoms with Crippen LogP contribution >= 0.6 is 0 Å². The summed E-state index contributed by atoms with van der Waals surface area (Å²) in [4.78, 5) is 0. The molecular weight excluding hydrogens is 266 g/mol. The van der Waals surface area contributed by atoms with Gasteiger partial charge < -0.3 is 20.3 Å². The summed E-state index contributed by atoms with van der Waals surface area (Å²) in [5, 5.41) is 23.0. The van der Waals surface area contributed by atoms with Crippen LogP contribution in [-0.4, -0.2) is 37.0 Å². The summed E-state index contributed by atoms with van der Waals surface area (Å²) in [7, 11) is 1.63. The molecule has 1 aliphatic rings. The maximum absolute atomic E-state index is 10.2. The lowest BCUT2D eigenvalue weighted by atomic mass is 9.79. The van der Waals surface area contributed by atoms with E-state index in [2.05, 4.69) is 5.32 Å². The fourth-order valence-electron chi connectivity index (χ4n) is 3.17. The molecule has 3 N–H and O–H groups in total. The van der Waals surface area contributed by atoms with Gasteiger partial charge >= 0.3 is 0 Å². The Morgan fingerprint density at radius 1 is 1.29 bits per heavy atom. The number of hydrogen-bond donors (Lipinski definition) is 3. The molecule has 3 atom stereocenters. The van der Waals surface area contributed by atoms with E-state index in [1.54, 1.807) is 7.11 Å². The first kappa shape index (κ1) is 16.3. The highest BCUT2D eigenvalue weighted by molar-refractivity contribution is 5.29. The van der Waals surface area contributed by atoms with Crippen LogP contribution in [0.1, 0.15) is 37.4 Å². The smallest absolute Gasteiger partial charge is 0.119 e. The average molecular weight is 293 g/mol. The molecule has 1 fully saturated rings. The van der Waals surface area contributed by atoms with Gasteiger partial charge in [-0.15, -0.1) is 0 Å². The largest absolute Gasteiger partial charge is 0.497 e. The highest BCUT2D eigenvalue weighted by Crippen LogP contribution is 2.29. The van der Waals surface area contributed by atoms with Crippen molar-refractivity contribution in [2.45, 2.75) is 31.8 Å². The minimum atomic E-state index is -0.531. The van der Waals surface area contributed by atoms with Gasteiger partial charge in [-0.25, -0.2) is 0 Å². The van der Waals surface area contributed by atoms with Crippen LogP contribution in [0, 0.1) is 11.8 Å². The molecule has 0 radical (unpaired) electrons. The van der Waals surface area contributed by atoms with Crippen molar-refractivity contribution in [1.29, 1.82) is 0 Å². The molecule has 4 heteroatoms. The van der Waals surface area contributed by atoms with Gasteiger partial charge in [0, 0.05) is 13.2 Å². The van der Waals surface area contributed by atoms with E-state index in [0.29, 0.717) is 18.4 Å². The molecule has 4 nitrogen and oxygen atoms in total. The minimum Gasteiger partial charge on any atom is -0.497 e. The van der Waals surface area contributed by atoms with Crippen LogP contribution < -0.4 is 10.1 Å². The quantitative estimate of drug-likeness (QED) is 0.720. The van der Waals surface area contributed by atoms with Gasteiger partial charge in [-0.05, 0) is 48.9 Å². The third-order valence-corrected chi connectivity index (χ3v) is 4.52. The van der Waals surface area contributed by atoms with E-state index in [0.717, 1.165) is 24.3 Å². The van der Waals surface area contributed by atoms with E-state index >= 15 is 0 Å². The summed E-state index contributed by atoms with van der Waals surface area (Å²) >= 11 is 0. The highest BCUT2D eigenvalue weighted by Gasteiger charge is 2.24. The topological polar surface area (TPSA) is 61.7 Å². The maximum Gasteiger partial charge on any atom is 0.119 e. The molecular formula is C17H27NO3. The van der Waals surface area contributed by atoms with Crippen molar-refractivity contribution in [2.24, 2.45) is 11.8 Å². The predicted molar refractivity (Wildman–Crippen MR) is 83.4 cm³/mol. The first-order valence-corrected chi connectivity index (χ1v) is 7.88. The Bertz CT molecular complexity index is 424. The molecule has 1 aliphatic carbocycles. The van der Waals surface area contributed by atoms with Crippen molar-refractivity contribution in [3.8, 4) is 5.75 Å². The summed E-state index contributed by atoms with van der Waals surface area (Å²) < 4.78 is 5.17. The third-order valence-electron chi connectivity index (χ3n) is 4.52. The van der Waals surface area contributed by atoms with Gasteiger partial charge in [0.05, 0.1) is 13.2 Å². The second-order valence-electron chi connectivity index (χ2n) is 5.94. The molecule has 0 heterocycles. The minimum absolute atomic E-state index is 0.283. The number of methoxy groups -OCH3 is 1. The molecule has 1 aromatic rings. The van der Waals surface area contributed by atoms with Gasteiger partial charge in [0.1, 0.15) is 5.75 Å². The molecule has 3 unspecified atom stereocenters. The summed E-state index contributed by atoms with van der Waals surface area (Å²) in [6, 6.07) is 7.54. The molecule has 21 heavy (non-hydrogen) atoms. The first-order valence-electron chi connectivity index (χ1n) is 7.88. The average Bonchev–Trinajstić information content (AvgIpc) is 2.55. The molecule has 0 bridgehead atoms. The first-order chi connectivity index (χ1) is 10.2. The van der Waals surface area contributed by atoms with Crippen molar-refractivity contribution >= 4 is 0 Å². The molecule has 1 saturated carbocycles. The van der Waals surface area contributed by atoms with Crippen LogP contribution in [0.2, 0.25) is 0 Å². The number of rotatable bonds is 7. The number of benzene rings is 1. The Morgan fingerprint density at radius 3 is 2.76 bits per heavy atom. The standard InChI is InChI=1S/C17H27NO3/c1-21-16-8-4-7-13(9-16)17(20)11-18-10-14-5-2-3-6-15(14)12-19/h4,7-9,14-15,17-20H,2-3,5-6,10-12H2,1H3. The highest BCUT2D eigenvalue weighted by atomic mass is 16.5. The van der Waals surface area contributed by atoms with E-state index in [9.17, 15) is 10.2 Å². The zero-order chi connectivity index (χ0) is 15.1. The molecule has 0 spiro atoms. The summed E-state index contributed by atoms with van der Waals surface area (Å²) in [6.07, 6.45) is 4.25. The molecule has 2 rings (SSSR count). The van der Waals surface area contributed by atoms with E-state index in [4.69, 9.17) is 4.74 Å². The van der Waals surface area contributed by atoms with Gasteiger partial charge in [-0.1, -0.05) is 25.0 Å². The lowest BCUT2D eigenvalue weighted by Crippen LogP contribution is -2.34. The molecule has 118 valence electrons. The van der Waals surface area contributed by atoms with Gasteiger partial charge in [0.2, 0.25) is 0 Å². The molecule has 1 aromatic carbocycles. The number of hydrogen-bond acceptors (Lipinski definition) is 4. The monoisotopic (exact) mass is 293 g/mol. The Kier molecular flexibility index (Phi) is 6.49. The zero-order valence-corrected chi connectivity index (χ0v) is 12.8. The van der Waals surface area contributed by atoms with Crippen LogP contribution in [0.15, 0.2) is 24.3 Å². The van der Waals surface area contributed by atoms with Crippen LogP contribution in [0.25, 0.3) is 0 Å². The van der Waals surface area contributed by atoms with E-state index < -0.39 is 6.10 Å². The Hall–Kier alpha value is -1.10. The van der Waals surface area contributed by atoms with Crippen LogP contribution in [-0.2, 0) is 0 Å². The van der Waals surface area contributed by atoms with Crippen LogP contribution in [0.3, 0.4) is 0 Å². The fourth-order valence-corrected chi connectivity index (χ4v) is 3.17. The lowest BCUT2D eigenvalue weighted by Gasteiger charge is -2.30. The van der Waals surface area contributed by atoms with E-state index in [1.165, 1.54) is 19.3 Å². The normalized spacial score (nSPS) is 23.8. The van der Waals surface area contributed by atoms with Crippen molar-refractivity contribution in [2.75, 3.05) is 26.8 Å². The fraction of sp³-hybridized carbons (Fsp3) is 0.647. The number of aliphatic hydroxyl groups is 2. The van der Waals surface area contributed by atoms with Gasteiger partial charge in [0.25, 0.3) is 0 Å². The SMILES string of the molecule is COc1cccc(C(O)CNCC2CCCCC2CO)c1. The van der Waals surface area contributed by atoms with Gasteiger partial charge in [-0.3, -0.25) is 0 Å². The number of nitrogens with one attached hydrogen (secondary N) is 1. The van der Waals surface area contributed by atoms with Gasteiger partial charge in [0.15, 0.2) is 0 Å². The van der Waals surface area contributed by atoms with Crippen molar-refractivity contribution in [1.82, 2.24) is 5.32 Å². The second-order valence-corrected chi connectivity index (χ2v) is 5.94. The van der Waals surface area contributed by atoms with Crippen molar-refractivity contribution < 1.29 is 14.9 Å². The lowest BCUT2D eigenvalue weighted by molar-refractivity contribution is 0.125. The Balaban J connectivity index is 1.79. The Labute approximate surface area is 127 Å². The molecule has 0 amide bonds. The van der Waals surface area contributed by atoms with E-state index in [1.807, 2.05) is 24.3 Å². The number of ether oxygens (including phenoxy) is 1. The van der Waals surface area contributed by atoms with Crippen LogP contribution in [0.5, 0.6) is 5.75 Å². The zero-order valence-electron chi connectivity index (χ0n) is 12.8.